The molecule has 0 aliphatic rings. The standard InChI is InChI=1S/C21H21FN2O2S/c22-17-13-11-15(12-14-17)20-21(16-7-3-1-4-8-16)27-19(23-20)10-6-2-5-9-18(25)24-26/h1,3-4,7-8,11-14,26H,2,5-6,9-10H2,(H,24,25). The minimum absolute atomic E-state index is 0.262. The van der Waals surface area contributed by atoms with Gasteiger partial charge in [-0.2, -0.15) is 0 Å². The molecule has 0 bridgehead atoms. The van der Waals surface area contributed by atoms with Gasteiger partial charge in [0.05, 0.1) is 15.6 Å². The Hall–Kier alpha value is -2.57. The fourth-order valence-electron chi connectivity index (χ4n) is 2.85. The molecule has 1 aromatic heterocycles. The molecule has 3 aromatic rings. The molecular weight excluding hydrogens is 363 g/mol. The first-order chi connectivity index (χ1) is 13.2. The summed E-state index contributed by atoms with van der Waals surface area (Å²) in [6, 6.07) is 16.5. The second-order valence-corrected chi connectivity index (χ2v) is 7.34. The normalized spacial score (nSPS) is 10.7. The Kier molecular flexibility index (Phi) is 6.68. The number of hydroxylamine groups is 1. The second kappa shape index (κ2) is 9.39. The molecule has 0 aliphatic heterocycles. The lowest BCUT2D eigenvalue weighted by atomic mass is 10.1. The maximum Gasteiger partial charge on any atom is 0.243 e. The van der Waals surface area contributed by atoms with Crippen LogP contribution in [0, 0.1) is 5.82 Å². The van der Waals surface area contributed by atoms with Crippen molar-refractivity contribution in [2.75, 3.05) is 0 Å². The van der Waals surface area contributed by atoms with Gasteiger partial charge in [0.1, 0.15) is 5.82 Å². The summed E-state index contributed by atoms with van der Waals surface area (Å²) in [4.78, 5) is 16.9. The van der Waals surface area contributed by atoms with E-state index in [2.05, 4.69) is 12.1 Å². The number of amides is 1. The van der Waals surface area contributed by atoms with Crippen LogP contribution in [0.1, 0.15) is 30.7 Å². The third-order valence-electron chi connectivity index (χ3n) is 4.24. The lowest BCUT2D eigenvalue weighted by molar-refractivity contribution is -0.129. The van der Waals surface area contributed by atoms with Gasteiger partial charge in [-0.05, 0) is 49.1 Å². The van der Waals surface area contributed by atoms with Gasteiger partial charge in [-0.15, -0.1) is 11.3 Å². The average molecular weight is 384 g/mol. The van der Waals surface area contributed by atoms with E-state index in [1.807, 2.05) is 18.2 Å². The van der Waals surface area contributed by atoms with Gasteiger partial charge in [-0.25, -0.2) is 14.9 Å². The summed E-state index contributed by atoms with van der Waals surface area (Å²) in [5.74, 6) is -0.614. The maximum atomic E-state index is 13.3. The zero-order valence-corrected chi connectivity index (χ0v) is 15.6. The summed E-state index contributed by atoms with van der Waals surface area (Å²) in [6.45, 7) is 0. The van der Waals surface area contributed by atoms with Crippen LogP contribution in [0.25, 0.3) is 21.7 Å². The molecule has 27 heavy (non-hydrogen) atoms. The SMILES string of the molecule is O=C(CCCCCc1nc(-c2ccc(F)cc2)c(-c2ccccc2)s1)NO. The van der Waals surface area contributed by atoms with Gasteiger partial charge in [0.15, 0.2) is 0 Å². The molecule has 4 nitrogen and oxygen atoms in total. The summed E-state index contributed by atoms with van der Waals surface area (Å²) in [5.41, 5.74) is 4.52. The minimum atomic E-state index is -0.353. The molecule has 0 unspecified atom stereocenters. The number of benzene rings is 2. The van der Waals surface area contributed by atoms with E-state index in [4.69, 9.17) is 10.2 Å². The highest BCUT2D eigenvalue weighted by molar-refractivity contribution is 7.15. The highest BCUT2D eigenvalue weighted by atomic mass is 32.1. The number of thiazole rings is 1. The van der Waals surface area contributed by atoms with Gasteiger partial charge < -0.3 is 0 Å². The van der Waals surface area contributed by atoms with Crippen LogP contribution >= 0.6 is 11.3 Å². The van der Waals surface area contributed by atoms with Crippen LogP contribution in [0.3, 0.4) is 0 Å². The Morgan fingerprint density at radius 1 is 1.00 bits per heavy atom. The van der Waals surface area contributed by atoms with E-state index in [1.165, 1.54) is 12.1 Å². The van der Waals surface area contributed by atoms with E-state index in [1.54, 1.807) is 28.9 Å². The topological polar surface area (TPSA) is 62.2 Å². The van der Waals surface area contributed by atoms with Crippen molar-refractivity contribution in [3.8, 4) is 21.7 Å². The number of aromatic nitrogens is 1. The minimum Gasteiger partial charge on any atom is -0.289 e. The highest BCUT2D eigenvalue weighted by Gasteiger charge is 2.15. The van der Waals surface area contributed by atoms with E-state index in [0.29, 0.717) is 6.42 Å². The molecule has 0 atom stereocenters. The van der Waals surface area contributed by atoms with E-state index in [9.17, 15) is 9.18 Å². The molecule has 1 amide bonds. The summed E-state index contributed by atoms with van der Waals surface area (Å²) >= 11 is 1.66. The lowest BCUT2D eigenvalue weighted by Gasteiger charge is -2.02. The zero-order chi connectivity index (χ0) is 19.1. The largest absolute Gasteiger partial charge is 0.289 e. The molecule has 0 spiro atoms. The molecule has 3 rings (SSSR count). The third-order valence-corrected chi connectivity index (χ3v) is 5.41. The van der Waals surface area contributed by atoms with Gasteiger partial charge in [-0.1, -0.05) is 36.8 Å². The van der Waals surface area contributed by atoms with E-state index >= 15 is 0 Å². The number of halogens is 1. The fourth-order valence-corrected chi connectivity index (χ4v) is 3.99. The average Bonchev–Trinajstić information content (AvgIpc) is 3.13. The molecule has 2 N–H and O–H groups in total. The van der Waals surface area contributed by atoms with Gasteiger partial charge >= 0.3 is 0 Å². The lowest BCUT2D eigenvalue weighted by Crippen LogP contribution is -2.17. The van der Waals surface area contributed by atoms with E-state index < -0.39 is 0 Å². The molecule has 0 saturated heterocycles. The summed E-state index contributed by atoms with van der Waals surface area (Å²) in [7, 11) is 0. The molecule has 0 radical (unpaired) electrons. The van der Waals surface area contributed by atoms with Crippen LogP contribution in [-0.2, 0) is 11.2 Å². The number of aryl methyl sites for hydroxylation is 1. The van der Waals surface area contributed by atoms with Crippen LogP contribution in [-0.4, -0.2) is 16.1 Å². The fraction of sp³-hybridized carbons (Fsp3) is 0.238. The molecule has 140 valence electrons. The van der Waals surface area contributed by atoms with Gasteiger partial charge in [0.25, 0.3) is 0 Å². The number of carbonyl (C=O) groups excluding carboxylic acids is 1. The molecule has 1 heterocycles. The summed E-state index contributed by atoms with van der Waals surface area (Å²) in [6.07, 6.45) is 3.69. The first kappa shape index (κ1) is 19.2. The molecule has 6 heteroatoms. The summed E-state index contributed by atoms with van der Waals surface area (Å²) in [5, 5.41) is 9.53. The molecule has 2 aromatic carbocycles. The van der Waals surface area contributed by atoms with Crippen molar-refractivity contribution in [1.82, 2.24) is 10.5 Å². The van der Waals surface area contributed by atoms with Crippen molar-refractivity contribution in [3.05, 3.63) is 65.4 Å². The Bertz CT molecular complexity index is 879. The smallest absolute Gasteiger partial charge is 0.243 e. The van der Waals surface area contributed by atoms with Crippen LogP contribution < -0.4 is 5.48 Å². The van der Waals surface area contributed by atoms with E-state index in [0.717, 1.165) is 52.4 Å². The molecule has 0 aliphatic carbocycles. The number of nitrogens with one attached hydrogen (secondary N) is 1. The number of carbonyl (C=O) groups is 1. The van der Waals surface area contributed by atoms with Crippen molar-refractivity contribution in [3.63, 3.8) is 0 Å². The molecule has 0 saturated carbocycles. The van der Waals surface area contributed by atoms with Crippen LogP contribution in [0.5, 0.6) is 0 Å². The third kappa shape index (κ3) is 5.21. The van der Waals surface area contributed by atoms with Crippen LogP contribution in [0.15, 0.2) is 54.6 Å². The maximum absolute atomic E-state index is 13.3. The Labute approximate surface area is 161 Å². The van der Waals surface area contributed by atoms with Crippen molar-refractivity contribution >= 4 is 17.2 Å². The van der Waals surface area contributed by atoms with E-state index in [-0.39, 0.29) is 11.7 Å². The van der Waals surface area contributed by atoms with Crippen molar-refractivity contribution in [2.45, 2.75) is 32.1 Å². The molecule has 0 fully saturated rings. The Morgan fingerprint density at radius 2 is 1.74 bits per heavy atom. The highest BCUT2D eigenvalue weighted by Crippen LogP contribution is 2.37. The first-order valence-corrected chi connectivity index (χ1v) is 9.73. The second-order valence-electron chi connectivity index (χ2n) is 6.25. The van der Waals surface area contributed by atoms with Crippen LogP contribution in [0.2, 0.25) is 0 Å². The Balaban J connectivity index is 1.76. The zero-order valence-electron chi connectivity index (χ0n) is 14.8. The number of nitrogens with zero attached hydrogens (tertiary/aromatic N) is 1. The van der Waals surface area contributed by atoms with Gasteiger partial charge in [0.2, 0.25) is 5.91 Å². The molecular formula is C21H21FN2O2S. The summed E-state index contributed by atoms with van der Waals surface area (Å²) < 4.78 is 13.3. The first-order valence-electron chi connectivity index (χ1n) is 8.91. The van der Waals surface area contributed by atoms with Gasteiger partial charge in [0, 0.05) is 12.0 Å². The quantitative estimate of drug-likeness (QED) is 0.318. The number of rotatable bonds is 8. The van der Waals surface area contributed by atoms with Crippen LogP contribution in [0.4, 0.5) is 4.39 Å². The predicted molar refractivity (Wildman–Crippen MR) is 105 cm³/mol. The van der Waals surface area contributed by atoms with Crippen molar-refractivity contribution < 1.29 is 14.4 Å². The van der Waals surface area contributed by atoms with Gasteiger partial charge in [-0.3, -0.25) is 10.0 Å². The number of unbranched alkanes of at least 4 members (excludes halogenated alkanes) is 2. The van der Waals surface area contributed by atoms with Crippen molar-refractivity contribution in [1.29, 1.82) is 0 Å². The predicted octanol–water partition coefficient (Wildman–Crippen LogP) is 5.22. The van der Waals surface area contributed by atoms with Crippen molar-refractivity contribution in [2.24, 2.45) is 0 Å². The number of hydrogen-bond donors (Lipinski definition) is 2. The Morgan fingerprint density at radius 3 is 2.44 bits per heavy atom. The monoisotopic (exact) mass is 384 g/mol. The number of hydrogen-bond acceptors (Lipinski definition) is 4.